The number of hydrogen-bond acceptors (Lipinski definition) is 3. The number of carbonyl (C=O) groups excluding carboxylic acids is 1. The number of carbonyl (C=O) groups is 1. The summed E-state index contributed by atoms with van der Waals surface area (Å²) in [5, 5.41) is 0. The van der Waals surface area contributed by atoms with Crippen molar-refractivity contribution in [3.8, 4) is 0 Å². The van der Waals surface area contributed by atoms with Crippen LogP contribution in [-0.4, -0.2) is 36.1 Å². The number of nitrogens with zero attached hydrogens (tertiary/aromatic N) is 1. The van der Waals surface area contributed by atoms with Gasteiger partial charge in [-0.05, 0) is 19.4 Å². The topological polar surface area (TPSA) is 29.5 Å². The Hall–Kier alpha value is -0.570. The summed E-state index contributed by atoms with van der Waals surface area (Å²) in [7, 11) is 2.20. The van der Waals surface area contributed by atoms with Crippen LogP contribution in [0.15, 0.2) is 0 Å². The minimum Gasteiger partial charge on any atom is -0.462 e. The highest BCUT2D eigenvalue weighted by Crippen LogP contribution is 2.39. The van der Waals surface area contributed by atoms with E-state index in [0.29, 0.717) is 12.1 Å². The first-order chi connectivity index (χ1) is 6.58. The van der Waals surface area contributed by atoms with E-state index in [0.717, 1.165) is 18.8 Å². The highest BCUT2D eigenvalue weighted by molar-refractivity contribution is 5.66. The Morgan fingerprint density at radius 3 is 2.64 bits per heavy atom. The van der Waals surface area contributed by atoms with E-state index in [1.807, 2.05) is 0 Å². The molecular weight excluding hydrogens is 178 g/mol. The van der Waals surface area contributed by atoms with Crippen LogP contribution in [0.25, 0.3) is 0 Å². The number of rotatable bonds is 1. The summed E-state index contributed by atoms with van der Waals surface area (Å²) in [6, 6.07) is 1.26. The smallest absolute Gasteiger partial charge is 0.302 e. The van der Waals surface area contributed by atoms with Crippen molar-refractivity contribution in [2.24, 2.45) is 5.92 Å². The molecule has 2 bridgehead atoms. The molecule has 3 nitrogen and oxygen atoms in total. The van der Waals surface area contributed by atoms with Gasteiger partial charge >= 0.3 is 5.97 Å². The maximum Gasteiger partial charge on any atom is 0.302 e. The lowest BCUT2D eigenvalue weighted by Crippen LogP contribution is -2.44. The Morgan fingerprint density at radius 2 is 2.07 bits per heavy atom. The molecule has 14 heavy (non-hydrogen) atoms. The normalized spacial score (nSPS) is 42.5. The Morgan fingerprint density at radius 1 is 1.36 bits per heavy atom. The van der Waals surface area contributed by atoms with Crippen LogP contribution in [0.1, 0.15) is 33.1 Å². The summed E-state index contributed by atoms with van der Waals surface area (Å²) in [4.78, 5) is 13.3. The maximum atomic E-state index is 10.9. The van der Waals surface area contributed by atoms with Crippen molar-refractivity contribution >= 4 is 5.97 Å². The van der Waals surface area contributed by atoms with Crippen molar-refractivity contribution in [3.63, 3.8) is 0 Å². The third-order valence-corrected chi connectivity index (χ3v) is 3.77. The van der Waals surface area contributed by atoms with Crippen molar-refractivity contribution in [1.29, 1.82) is 0 Å². The van der Waals surface area contributed by atoms with Crippen molar-refractivity contribution in [2.75, 3.05) is 7.05 Å². The first-order valence-electron chi connectivity index (χ1n) is 5.47. The third kappa shape index (κ3) is 1.65. The molecule has 2 rings (SSSR count). The van der Waals surface area contributed by atoms with E-state index in [9.17, 15) is 4.79 Å². The van der Waals surface area contributed by atoms with Gasteiger partial charge in [-0.15, -0.1) is 0 Å². The molecule has 2 aliphatic rings. The molecule has 2 fully saturated rings. The molecule has 3 heteroatoms. The average Bonchev–Trinajstić information content (AvgIpc) is 2.29. The van der Waals surface area contributed by atoms with E-state index in [1.165, 1.54) is 13.3 Å². The van der Waals surface area contributed by atoms with Gasteiger partial charge in [-0.25, -0.2) is 0 Å². The second kappa shape index (κ2) is 3.54. The first kappa shape index (κ1) is 9.97. The largest absolute Gasteiger partial charge is 0.462 e. The average molecular weight is 197 g/mol. The zero-order valence-corrected chi connectivity index (χ0v) is 9.19. The quantitative estimate of drug-likeness (QED) is 0.595. The van der Waals surface area contributed by atoms with Crippen molar-refractivity contribution in [2.45, 2.75) is 51.3 Å². The maximum absolute atomic E-state index is 10.9. The summed E-state index contributed by atoms with van der Waals surface area (Å²) in [6.45, 7) is 3.81. The molecule has 0 amide bonds. The molecule has 2 saturated heterocycles. The number of hydrogen-bond donors (Lipinski definition) is 0. The molecule has 0 aromatic rings. The molecule has 0 saturated carbocycles. The first-order valence-corrected chi connectivity index (χ1v) is 5.47. The molecule has 4 atom stereocenters. The molecule has 0 aromatic heterocycles. The zero-order valence-electron chi connectivity index (χ0n) is 9.19. The molecular formula is C11H19NO2. The fraction of sp³-hybridized carbons (Fsp3) is 0.909. The van der Waals surface area contributed by atoms with Gasteiger partial charge in [0, 0.05) is 31.8 Å². The van der Waals surface area contributed by atoms with Gasteiger partial charge in [0.1, 0.15) is 6.10 Å². The number of esters is 1. The monoisotopic (exact) mass is 197 g/mol. The fourth-order valence-corrected chi connectivity index (χ4v) is 3.09. The molecule has 0 N–H and O–H groups in total. The summed E-state index contributed by atoms with van der Waals surface area (Å²) in [6.07, 6.45) is 3.48. The van der Waals surface area contributed by atoms with E-state index < -0.39 is 0 Å². The Kier molecular flexibility index (Phi) is 2.52. The second-order valence-electron chi connectivity index (χ2n) is 4.80. The van der Waals surface area contributed by atoms with Crippen LogP contribution >= 0.6 is 0 Å². The number of piperidine rings is 1. The molecule has 2 heterocycles. The SMILES string of the molecule is CC(=O)O[C@@H]1CC2C[C@@H](C)C(C1)N2C. The van der Waals surface area contributed by atoms with Gasteiger partial charge in [-0.3, -0.25) is 9.69 Å². The Bertz CT molecular complexity index is 241. The lowest BCUT2D eigenvalue weighted by Gasteiger charge is -2.36. The summed E-state index contributed by atoms with van der Waals surface area (Å²) < 4.78 is 5.30. The summed E-state index contributed by atoms with van der Waals surface area (Å²) in [5.74, 6) is 0.622. The van der Waals surface area contributed by atoms with Crippen LogP contribution in [0.2, 0.25) is 0 Å². The van der Waals surface area contributed by atoms with Gasteiger partial charge in [0.2, 0.25) is 0 Å². The predicted molar refractivity (Wildman–Crippen MR) is 53.9 cm³/mol. The van der Waals surface area contributed by atoms with E-state index >= 15 is 0 Å². The second-order valence-corrected chi connectivity index (χ2v) is 4.80. The molecule has 2 unspecified atom stereocenters. The van der Waals surface area contributed by atoms with Crippen LogP contribution in [-0.2, 0) is 9.53 Å². The molecule has 0 spiro atoms. The van der Waals surface area contributed by atoms with Gasteiger partial charge in [0.15, 0.2) is 0 Å². The molecule has 80 valence electrons. The van der Waals surface area contributed by atoms with Crippen LogP contribution in [0.5, 0.6) is 0 Å². The minimum atomic E-state index is -0.133. The number of fused-ring (bicyclic) bond motifs is 2. The van der Waals surface area contributed by atoms with Crippen LogP contribution in [0.4, 0.5) is 0 Å². The summed E-state index contributed by atoms with van der Waals surface area (Å²) >= 11 is 0. The van der Waals surface area contributed by atoms with Gasteiger partial charge in [0.25, 0.3) is 0 Å². The minimum absolute atomic E-state index is 0.133. The highest BCUT2D eigenvalue weighted by atomic mass is 16.5. The predicted octanol–water partition coefficient (Wildman–Crippen LogP) is 1.42. The Labute approximate surface area is 85.4 Å². The van der Waals surface area contributed by atoms with Crippen molar-refractivity contribution in [3.05, 3.63) is 0 Å². The molecule has 2 aliphatic heterocycles. The third-order valence-electron chi connectivity index (χ3n) is 3.77. The molecule has 0 aliphatic carbocycles. The fourth-order valence-electron chi connectivity index (χ4n) is 3.09. The molecule has 0 aromatic carbocycles. The van der Waals surface area contributed by atoms with E-state index in [-0.39, 0.29) is 12.1 Å². The Balaban J connectivity index is 2.00. The van der Waals surface area contributed by atoms with Crippen molar-refractivity contribution in [1.82, 2.24) is 4.90 Å². The van der Waals surface area contributed by atoms with Gasteiger partial charge < -0.3 is 4.74 Å². The summed E-state index contributed by atoms with van der Waals surface area (Å²) in [5.41, 5.74) is 0. The van der Waals surface area contributed by atoms with E-state index in [1.54, 1.807) is 0 Å². The standard InChI is InChI=1S/C11H19NO2/c1-7-4-9-5-10(14-8(2)13)6-11(7)12(9)3/h7,9-11H,4-6H2,1-3H3/t7-,9?,10-,11?/m1/s1. The highest BCUT2D eigenvalue weighted by Gasteiger charge is 2.43. The number of ether oxygens (including phenoxy) is 1. The van der Waals surface area contributed by atoms with Gasteiger partial charge in [-0.2, -0.15) is 0 Å². The van der Waals surface area contributed by atoms with Gasteiger partial charge in [0.05, 0.1) is 0 Å². The van der Waals surface area contributed by atoms with Crippen LogP contribution in [0.3, 0.4) is 0 Å². The zero-order chi connectivity index (χ0) is 10.3. The van der Waals surface area contributed by atoms with Crippen molar-refractivity contribution < 1.29 is 9.53 Å². The van der Waals surface area contributed by atoms with E-state index in [2.05, 4.69) is 18.9 Å². The van der Waals surface area contributed by atoms with Crippen LogP contribution in [0, 0.1) is 5.92 Å². The van der Waals surface area contributed by atoms with Gasteiger partial charge in [-0.1, -0.05) is 6.92 Å². The molecule has 0 radical (unpaired) electrons. The van der Waals surface area contributed by atoms with E-state index in [4.69, 9.17) is 4.74 Å². The van der Waals surface area contributed by atoms with Crippen LogP contribution < -0.4 is 0 Å². The lowest BCUT2D eigenvalue weighted by molar-refractivity contribution is -0.149. The lowest BCUT2D eigenvalue weighted by atomic mass is 9.98.